The maximum atomic E-state index is 13.6. The van der Waals surface area contributed by atoms with Gasteiger partial charge in [-0.15, -0.1) is 0 Å². The molecule has 3 heterocycles. The van der Waals surface area contributed by atoms with E-state index >= 15 is 0 Å². The van der Waals surface area contributed by atoms with E-state index in [9.17, 15) is 9.18 Å². The molecule has 0 bridgehead atoms. The number of nitrogens with zero attached hydrogens (tertiary/aromatic N) is 4. The molecule has 1 aliphatic heterocycles. The number of hydrogen-bond donors (Lipinski definition) is 0. The van der Waals surface area contributed by atoms with E-state index in [1.807, 2.05) is 11.8 Å². The van der Waals surface area contributed by atoms with Crippen molar-refractivity contribution in [1.82, 2.24) is 19.2 Å². The van der Waals surface area contributed by atoms with Crippen LogP contribution in [0, 0.1) is 5.82 Å². The molecule has 22 heavy (non-hydrogen) atoms. The van der Waals surface area contributed by atoms with Crippen LogP contribution in [0.3, 0.4) is 0 Å². The van der Waals surface area contributed by atoms with Crippen LogP contribution in [0.4, 0.5) is 4.39 Å². The first-order chi connectivity index (χ1) is 10.6. The Kier molecular flexibility index (Phi) is 4.11. The van der Waals surface area contributed by atoms with Gasteiger partial charge in [-0.05, 0) is 25.1 Å². The standard InChI is InChI=1S/C16H21FN4O/c1-3-13-15(21-11-12(17)5-6-14(21)18-13)16(22)20-9-7-19(4-2)8-10-20/h5-6,11H,3-4,7-10H2,1-2H3. The Bertz CT molecular complexity index is 689. The van der Waals surface area contributed by atoms with Gasteiger partial charge in [0.05, 0.1) is 5.69 Å². The monoisotopic (exact) mass is 304 g/mol. The highest BCUT2D eigenvalue weighted by molar-refractivity contribution is 5.94. The maximum Gasteiger partial charge on any atom is 0.272 e. The molecule has 5 nitrogen and oxygen atoms in total. The first-order valence-electron chi connectivity index (χ1n) is 7.82. The lowest BCUT2D eigenvalue weighted by Gasteiger charge is -2.34. The third kappa shape index (κ3) is 2.59. The number of fused-ring (bicyclic) bond motifs is 1. The van der Waals surface area contributed by atoms with Gasteiger partial charge in [-0.25, -0.2) is 9.37 Å². The molecule has 1 saturated heterocycles. The lowest BCUT2D eigenvalue weighted by Crippen LogP contribution is -2.48. The zero-order valence-corrected chi connectivity index (χ0v) is 13.0. The van der Waals surface area contributed by atoms with Gasteiger partial charge in [-0.1, -0.05) is 13.8 Å². The highest BCUT2D eigenvalue weighted by atomic mass is 19.1. The molecule has 0 unspecified atom stereocenters. The van der Waals surface area contributed by atoms with Crippen molar-refractivity contribution in [3.05, 3.63) is 35.5 Å². The average molecular weight is 304 g/mol. The normalized spacial score (nSPS) is 16.4. The van der Waals surface area contributed by atoms with E-state index in [1.54, 1.807) is 10.5 Å². The van der Waals surface area contributed by atoms with E-state index < -0.39 is 0 Å². The summed E-state index contributed by atoms with van der Waals surface area (Å²) < 4.78 is 15.1. The first kappa shape index (κ1) is 15.0. The van der Waals surface area contributed by atoms with Crippen molar-refractivity contribution in [2.45, 2.75) is 20.3 Å². The summed E-state index contributed by atoms with van der Waals surface area (Å²) in [7, 11) is 0. The van der Waals surface area contributed by atoms with Gasteiger partial charge >= 0.3 is 0 Å². The van der Waals surface area contributed by atoms with E-state index in [4.69, 9.17) is 0 Å². The summed E-state index contributed by atoms with van der Waals surface area (Å²) >= 11 is 0. The predicted molar refractivity (Wildman–Crippen MR) is 82.5 cm³/mol. The SMILES string of the molecule is CCc1nc2ccc(F)cn2c1C(=O)N1CCN(CC)CC1. The number of aromatic nitrogens is 2. The van der Waals surface area contributed by atoms with E-state index in [1.165, 1.54) is 12.3 Å². The number of carbonyl (C=O) groups excluding carboxylic acids is 1. The van der Waals surface area contributed by atoms with Crippen LogP contribution in [0.5, 0.6) is 0 Å². The van der Waals surface area contributed by atoms with Crippen LogP contribution in [0.15, 0.2) is 18.3 Å². The Labute approximate surface area is 129 Å². The van der Waals surface area contributed by atoms with E-state index in [0.29, 0.717) is 30.9 Å². The summed E-state index contributed by atoms with van der Waals surface area (Å²) in [6.45, 7) is 8.27. The number of hydrogen-bond acceptors (Lipinski definition) is 3. The van der Waals surface area contributed by atoms with Gasteiger partial charge in [0.15, 0.2) is 0 Å². The molecule has 1 amide bonds. The summed E-state index contributed by atoms with van der Waals surface area (Å²) in [5.41, 5.74) is 1.85. The molecular weight excluding hydrogens is 283 g/mol. The zero-order valence-electron chi connectivity index (χ0n) is 13.0. The van der Waals surface area contributed by atoms with Gasteiger partial charge in [0, 0.05) is 32.4 Å². The fraction of sp³-hybridized carbons (Fsp3) is 0.500. The van der Waals surface area contributed by atoms with Gasteiger partial charge in [-0.3, -0.25) is 9.20 Å². The molecule has 6 heteroatoms. The highest BCUT2D eigenvalue weighted by Gasteiger charge is 2.26. The first-order valence-corrected chi connectivity index (χ1v) is 7.82. The summed E-state index contributed by atoms with van der Waals surface area (Å²) in [6.07, 6.45) is 2.00. The van der Waals surface area contributed by atoms with Gasteiger partial charge in [0.1, 0.15) is 17.2 Å². The number of halogens is 1. The molecule has 0 radical (unpaired) electrons. The maximum absolute atomic E-state index is 13.6. The fourth-order valence-electron chi connectivity index (χ4n) is 2.96. The third-order valence-corrected chi connectivity index (χ3v) is 4.30. The highest BCUT2D eigenvalue weighted by Crippen LogP contribution is 2.17. The van der Waals surface area contributed by atoms with Crippen LogP contribution < -0.4 is 0 Å². The van der Waals surface area contributed by atoms with Gasteiger partial charge in [-0.2, -0.15) is 0 Å². The summed E-state index contributed by atoms with van der Waals surface area (Å²) in [5.74, 6) is -0.414. The van der Waals surface area contributed by atoms with Crippen LogP contribution in [-0.2, 0) is 6.42 Å². The molecule has 1 aliphatic rings. The quantitative estimate of drug-likeness (QED) is 0.868. The second-order valence-corrected chi connectivity index (χ2v) is 5.56. The Hall–Kier alpha value is -1.95. The number of piperazine rings is 1. The second kappa shape index (κ2) is 6.04. The molecule has 118 valence electrons. The Balaban J connectivity index is 1.95. The molecule has 1 fully saturated rings. The topological polar surface area (TPSA) is 40.9 Å². The van der Waals surface area contributed by atoms with Crippen LogP contribution in [0.25, 0.3) is 5.65 Å². The molecule has 0 aliphatic carbocycles. The third-order valence-electron chi connectivity index (χ3n) is 4.30. The number of amides is 1. The van der Waals surface area contributed by atoms with Crippen molar-refractivity contribution in [3.63, 3.8) is 0 Å². The number of aryl methyl sites for hydroxylation is 1. The summed E-state index contributed by atoms with van der Waals surface area (Å²) in [5, 5.41) is 0. The van der Waals surface area contributed by atoms with Crippen LogP contribution in [0.1, 0.15) is 30.0 Å². The van der Waals surface area contributed by atoms with Crippen molar-refractivity contribution < 1.29 is 9.18 Å². The number of imidazole rings is 1. The Morgan fingerprint density at radius 1 is 1.23 bits per heavy atom. The Morgan fingerprint density at radius 3 is 2.59 bits per heavy atom. The zero-order chi connectivity index (χ0) is 15.7. The van der Waals surface area contributed by atoms with E-state index in [2.05, 4.69) is 16.8 Å². The van der Waals surface area contributed by atoms with Crippen molar-refractivity contribution >= 4 is 11.6 Å². The lowest BCUT2D eigenvalue weighted by molar-refractivity contribution is 0.0635. The number of pyridine rings is 1. The predicted octanol–water partition coefficient (Wildman–Crippen LogP) is 1.81. The molecule has 0 saturated carbocycles. The van der Waals surface area contributed by atoms with Gasteiger partial charge in [0.25, 0.3) is 5.91 Å². The van der Waals surface area contributed by atoms with Crippen LogP contribution in [-0.4, -0.2) is 57.8 Å². The summed E-state index contributed by atoms with van der Waals surface area (Å²) in [6, 6.07) is 2.98. The molecular formula is C16H21FN4O. The average Bonchev–Trinajstić information content (AvgIpc) is 2.92. The minimum atomic E-state index is -0.364. The van der Waals surface area contributed by atoms with E-state index in [-0.39, 0.29) is 11.7 Å². The van der Waals surface area contributed by atoms with Gasteiger partial charge in [0.2, 0.25) is 0 Å². The molecule has 2 aromatic rings. The van der Waals surface area contributed by atoms with Gasteiger partial charge < -0.3 is 9.80 Å². The van der Waals surface area contributed by atoms with Crippen molar-refractivity contribution in [2.75, 3.05) is 32.7 Å². The number of carbonyl (C=O) groups is 1. The van der Waals surface area contributed by atoms with Crippen molar-refractivity contribution in [2.24, 2.45) is 0 Å². The molecule has 0 aromatic carbocycles. The second-order valence-electron chi connectivity index (χ2n) is 5.56. The minimum Gasteiger partial charge on any atom is -0.335 e. The van der Waals surface area contributed by atoms with Crippen molar-refractivity contribution in [3.8, 4) is 0 Å². The number of rotatable bonds is 3. The van der Waals surface area contributed by atoms with E-state index in [0.717, 1.165) is 25.3 Å². The Morgan fingerprint density at radius 2 is 1.95 bits per heavy atom. The van der Waals surface area contributed by atoms with Crippen LogP contribution in [0.2, 0.25) is 0 Å². The molecule has 2 aromatic heterocycles. The lowest BCUT2D eigenvalue weighted by atomic mass is 10.2. The molecule has 0 atom stereocenters. The summed E-state index contributed by atoms with van der Waals surface area (Å²) in [4.78, 5) is 21.5. The van der Waals surface area contributed by atoms with Crippen LogP contribution >= 0.6 is 0 Å². The van der Waals surface area contributed by atoms with Crippen molar-refractivity contribution in [1.29, 1.82) is 0 Å². The molecule has 0 N–H and O–H groups in total. The largest absolute Gasteiger partial charge is 0.335 e. The minimum absolute atomic E-state index is 0.0503. The number of likely N-dealkylation sites (N-methyl/N-ethyl adjacent to an activating group) is 1. The fourth-order valence-corrected chi connectivity index (χ4v) is 2.96. The molecule has 0 spiro atoms. The smallest absolute Gasteiger partial charge is 0.272 e. The molecule has 3 rings (SSSR count).